The SMILES string of the molecule is SCC[SiH](c1ccccc1)c1ccccc1. The first-order valence-corrected chi connectivity index (χ1v) is 8.23. The van der Waals surface area contributed by atoms with Gasteiger partial charge in [-0.25, -0.2) is 0 Å². The maximum absolute atomic E-state index is 4.40. The highest BCUT2D eigenvalue weighted by Gasteiger charge is 2.14. The van der Waals surface area contributed by atoms with Crippen LogP contribution in [0.1, 0.15) is 0 Å². The van der Waals surface area contributed by atoms with Crippen molar-refractivity contribution in [2.24, 2.45) is 0 Å². The summed E-state index contributed by atoms with van der Waals surface area (Å²) >= 11 is 4.40. The number of rotatable bonds is 4. The molecule has 0 aliphatic heterocycles. The quantitative estimate of drug-likeness (QED) is 0.617. The third-order valence-corrected chi connectivity index (χ3v) is 6.81. The molecule has 0 aliphatic carbocycles. The van der Waals surface area contributed by atoms with Crippen LogP contribution in [0.5, 0.6) is 0 Å². The Morgan fingerprint density at radius 2 is 1.19 bits per heavy atom. The van der Waals surface area contributed by atoms with Crippen LogP contribution >= 0.6 is 12.6 Å². The van der Waals surface area contributed by atoms with Crippen LogP contribution in [-0.2, 0) is 0 Å². The topological polar surface area (TPSA) is 0 Å². The average Bonchev–Trinajstić information content (AvgIpc) is 2.38. The third-order valence-electron chi connectivity index (χ3n) is 2.82. The molecule has 2 aromatic rings. The van der Waals surface area contributed by atoms with E-state index in [9.17, 15) is 0 Å². The van der Waals surface area contributed by atoms with E-state index >= 15 is 0 Å². The molecule has 82 valence electrons. The van der Waals surface area contributed by atoms with Crippen molar-refractivity contribution in [1.29, 1.82) is 0 Å². The number of thiol groups is 1. The summed E-state index contributed by atoms with van der Waals surface area (Å²) in [4.78, 5) is 0. The Hall–Kier alpha value is -0.993. The van der Waals surface area contributed by atoms with E-state index in [-0.39, 0.29) is 0 Å². The molecular weight excluding hydrogens is 228 g/mol. The minimum absolute atomic E-state index is 0.973. The predicted octanol–water partition coefficient (Wildman–Crippen LogP) is 1.96. The van der Waals surface area contributed by atoms with Gasteiger partial charge in [0.15, 0.2) is 0 Å². The van der Waals surface area contributed by atoms with Gasteiger partial charge in [0.2, 0.25) is 0 Å². The van der Waals surface area contributed by atoms with Crippen molar-refractivity contribution in [2.45, 2.75) is 6.04 Å². The molecule has 0 unspecified atom stereocenters. The van der Waals surface area contributed by atoms with Crippen molar-refractivity contribution in [3.63, 3.8) is 0 Å². The molecule has 0 aromatic heterocycles. The summed E-state index contributed by atoms with van der Waals surface area (Å²) in [5, 5.41) is 3.03. The van der Waals surface area contributed by atoms with E-state index in [0.717, 1.165) is 5.75 Å². The van der Waals surface area contributed by atoms with Crippen LogP contribution in [0.15, 0.2) is 60.7 Å². The second-order valence-electron chi connectivity index (χ2n) is 3.89. The Morgan fingerprint density at radius 1 is 0.750 bits per heavy atom. The van der Waals surface area contributed by atoms with Gasteiger partial charge in [-0.05, 0) is 11.8 Å². The Labute approximate surface area is 104 Å². The van der Waals surface area contributed by atoms with E-state index in [1.165, 1.54) is 16.4 Å². The molecule has 2 aromatic carbocycles. The molecule has 0 radical (unpaired) electrons. The second kappa shape index (κ2) is 5.92. The van der Waals surface area contributed by atoms with Crippen molar-refractivity contribution in [1.82, 2.24) is 0 Å². The lowest BCUT2D eigenvalue weighted by atomic mass is 10.4. The molecule has 0 spiro atoms. The molecular formula is C14H16SSi. The molecule has 0 amide bonds. The predicted molar refractivity (Wildman–Crippen MR) is 78.0 cm³/mol. The molecule has 0 saturated carbocycles. The Morgan fingerprint density at radius 3 is 1.56 bits per heavy atom. The van der Waals surface area contributed by atoms with Gasteiger partial charge >= 0.3 is 0 Å². The monoisotopic (exact) mass is 244 g/mol. The largest absolute Gasteiger partial charge is 0.180 e. The molecule has 0 atom stereocenters. The van der Waals surface area contributed by atoms with Gasteiger partial charge in [0, 0.05) is 0 Å². The van der Waals surface area contributed by atoms with Gasteiger partial charge in [0.05, 0.1) is 0 Å². The Balaban J connectivity index is 2.31. The Kier molecular flexibility index (Phi) is 4.25. The third kappa shape index (κ3) is 2.77. The van der Waals surface area contributed by atoms with Gasteiger partial charge in [0.25, 0.3) is 0 Å². The second-order valence-corrected chi connectivity index (χ2v) is 7.35. The number of hydrogen-bond acceptors (Lipinski definition) is 1. The van der Waals surface area contributed by atoms with Gasteiger partial charge < -0.3 is 0 Å². The summed E-state index contributed by atoms with van der Waals surface area (Å²) < 4.78 is 0. The van der Waals surface area contributed by atoms with Crippen LogP contribution in [0.4, 0.5) is 0 Å². The summed E-state index contributed by atoms with van der Waals surface area (Å²) in [6.07, 6.45) is 0. The first-order chi connectivity index (χ1) is 7.92. The molecule has 0 bridgehead atoms. The fourth-order valence-corrected chi connectivity index (χ4v) is 5.48. The minimum Gasteiger partial charge on any atom is -0.180 e. The van der Waals surface area contributed by atoms with E-state index in [1.807, 2.05) is 0 Å². The molecule has 0 nitrogen and oxygen atoms in total. The zero-order valence-electron chi connectivity index (χ0n) is 9.21. The lowest BCUT2D eigenvalue weighted by molar-refractivity contribution is 1.47. The summed E-state index contributed by atoms with van der Waals surface area (Å²) in [6, 6.07) is 23.0. The molecule has 0 fully saturated rings. The standard InChI is InChI=1S/C14H16SSi/c15-11-12-16(13-7-3-1-4-8-13)14-9-5-2-6-10-14/h1-10,15-16H,11-12H2. The molecule has 0 saturated heterocycles. The van der Waals surface area contributed by atoms with Gasteiger partial charge in [-0.2, -0.15) is 12.6 Å². The van der Waals surface area contributed by atoms with Gasteiger partial charge in [-0.15, -0.1) is 0 Å². The lowest BCUT2D eigenvalue weighted by Crippen LogP contribution is -2.42. The maximum atomic E-state index is 4.40. The van der Waals surface area contributed by atoms with Crippen LogP contribution in [-0.4, -0.2) is 14.5 Å². The van der Waals surface area contributed by atoms with Crippen molar-refractivity contribution in [3.05, 3.63) is 60.7 Å². The van der Waals surface area contributed by atoms with Gasteiger partial charge in [-0.1, -0.05) is 71.0 Å². The molecule has 2 rings (SSSR count). The summed E-state index contributed by atoms with van der Waals surface area (Å²) in [5.41, 5.74) is 0. The minimum atomic E-state index is -1.03. The molecule has 0 N–H and O–H groups in total. The summed E-state index contributed by atoms with van der Waals surface area (Å²) in [6.45, 7) is 0. The highest BCUT2D eigenvalue weighted by Crippen LogP contribution is 1.99. The van der Waals surface area contributed by atoms with Crippen molar-refractivity contribution in [2.75, 3.05) is 5.75 Å². The van der Waals surface area contributed by atoms with E-state index < -0.39 is 8.80 Å². The first-order valence-electron chi connectivity index (χ1n) is 5.62. The lowest BCUT2D eigenvalue weighted by Gasteiger charge is -2.15. The van der Waals surface area contributed by atoms with Gasteiger partial charge in [0.1, 0.15) is 8.80 Å². The van der Waals surface area contributed by atoms with Crippen molar-refractivity contribution in [3.8, 4) is 0 Å². The van der Waals surface area contributed by atoms with Crippen molar-refractivity contribution < 1.29 is 0 Å². The Bertz CT molecular complexity index is 374. The molecule has 16 heavy (non-hydrogen) atoms. The maximum Gasteiger partial charge on any atom is 0.103 e. The van der Waals surface area contributed by atoms with E-state index in [1.54, 1.807) is 0 Å². The van der Waals surface area contributed by atoms with Crippen LogP contribution in [0, 0.1) is 0 Å². The first kappa shape index (κ1) is 11.5. The van der Waals surface area contributed by atoms with E-state index in [0.29, 0.717) is 0 Å². The van der Waals surface area contributed by atoms with Crippen LogP contribution in [0.2, 0.25) is 6.04 Å². The average molecular weight is 244 g/mol. The highest BCUT2D eigenvalue weighted by molar-refractivity contribution is 7.80. The highest BCUT2D eigenvalue weighted by atomic mass is 32.1. The van der Waals surface area contributed by atoms with Crippen LogP contribution in [0.25, 0.3) is 0 Å². The summed E-state index contributed by atoms with van der Waals surface area (Å²) in [7, 11) is -1.03. The zero-order valence-corrected chi connectivity index (χ0v) is 11.3. The zero-order chi connectivity index (χ0) is 11.2. The normalized spacial score (nSPS) is 10.6. The number of hydrogen-bond donors (Lipinski definition) is 1. The van der Waals surface area contributed by atoms with E-state index in [4.69, 9.17) is 0 Å². The molecule has 0 aliphatic rings. The van der Waals surface area contributed by atoms with Gasteiger partial charge in [-0.3, -0.25) is 0 Å². The fourth-order valence-electron chi connectivity index (χ4n) is 2.03. The smallest absolute Gasteiger partial charge is 0.103 e. The fraction of sp³-hybridized carbons (Fsp3) is 0.143. The van der Waals surface area contributed by atoms with Crippen LogP contribution < -0.4 is 10.4 Å². The van der Waals surface area contributed by atoms with E-state index in [2.05, 4.69) is 73.3 Å². The molecule has 0 heterocycles. The van der Waals surface area contributed by atoms with Crippen molar-refractivity contribution >= 4 is 31.8 Å². The number of benzene rings is 2. The van der Waals surface area contributed by atoms with Crippen LogP contribution in [0.3, 0.4) is 0 Å². The molecule has 2 heteroatoms. The summed E-state index contributed by atoms with van der Waals surface area (Å²) in [5.74, 6) is 0.973.